The summed E-state index contributed by atoms with van der Waals surface area (Å²) in [5.74, 6) is -0.582. The van der Waals surface area contributed by atoms with Crippen molar-refractivity contribution in [1.29, 1.82) is 0 Å². The van der Waals surface area contributed by atoms with Gasteiger partial charge in [-0.05, 0) is 0 Å². The highest BCUT2D eigenvalue weighted by Gasteiger charge is 2.17. The van der Waals surface area contributed by atoms with E-state index in [1.165, 1.54) is 17.5 Å². The van der Waals surface area contributed by atoms with Crippen molar-refractivity contribution in [3.8, 4) is 10.8 Å². The van der Waals surface area contributed by atoms with E-state index in [2.05, 4.69) is 19.6 Å². The molecule has 2 aromatic heterocycles. The molecule has 0 amide bonds. The minimum absolute atomic E-state index is 0.0813. The Labute approximate surface area is 75.2 Å². The zero-order chi connectivity index (χ0) is 9.26. The fourth-order valence-electron chi connectivity index (χ4n) is 0.744. The molecule has 0 spiro atoms. The van der Waals surface area contributed by atoms with Crippen molar-refractivity contribution < 1.29 is 13.2 Å². The maximum Gasteiger partial charge on any atom is 0.314 e. The minimum atomic E-state index is -2.73. The zero-order valence-corrected chi connectivity index (χ0v) is 6.96. The topological polar surface area (TPSA) is 51.8 Å². The molecule has 7 heteroatoms. The van der Waals surface area contributed by atoms with Crippen molar-refractivity contribution in [1.82, 2.24) is 15.2 Å². The van der Waals surface area contributed by atoms with E-state index in [1.807, 2.05) is 0 Å². The summed E-state index contributed by atoms with van der Waals surface area (Å²) < 4.78 is 28.7. The molecule has 0 aliphatic heterocycles. The quantitative estimate of drug-likeness (QED) is 0.750. The second-order valence-electron chi connectivity index (χ2n) is 2.11. The van der Waals surface area contributed by atoms with Gasteiger partial charge in [-0.2, -0.15) is 8.78 Å². The Hall–Kier alpha value is -1.37. The van der Waals surface area contributed by atoms with Crippen LogP contribution in [0.2, 0.25) is 0 Å². The van der Waals surface area contributed by atoms with Gasteiger partial charge in [0.25, 0.3) is 11.8 Å². The average molecular weight is 203 g/mol. The third kappa shape index (κ3) is 1.55. The number of hydrogen-bond donors (Lipinski definition) is 0. The summed E-state index contributed by atoms with van der Waals surface area (Å²) in [7, 11) is 0. The number of rotatable bonds is 2. The Morgan fingerprint density at radius 3 is 2.77 bits per heavy atom. The fraction of sp³-hybridized carbons (Fsp3) is 0.167. The van der Waals surface area contributed by atoms with E-state index in [1.54, 1.807) is 5.51 Å². The van der Waals surface area contributed by atoms with Crippen LogP contribution in [0.25, 0.3) is 10.8 Å². The molecule has 0 unspecified atom stereocenters. The second kappa shape index (κ2) is 3.17. The molecule has 0 aliphatic carbocycles. The molecule has 0 bridgehead atoms. The molecular weight excluding hydrogens is 200 g/mol. The molecule has 2 heterocycles. The SMILES string of the molecule is FC(F)c1nnc(-c2cncs2)o1. The van der Waals surface area contributed by atoms with Gasteiger partial charge in [-0.1, -0.05) is 0 Å². The van der Waals surface area contributed by atoms with E-state index in [4.69, 9.17) is 0 Å². The molecule has 13 heavy (non-hydrogen) atoms. The number of hydrogen-bond acceptors (Lipinski definition) is 5. The van der Waals surface area contributed by atoms with Crippen molar-refractivity contribution in [3.05, 3.63) is 17.6 Å². The van der Waals surface area contributed by atoms with Crippen LogP contribution < -0.4 is 0 Å². The standard InChI is InChI=1S/C6H3F2N3OS/c7-4(8)6-11-10-5(12-6)3-1-9-2-13-3/h1-2,4H. The van der Waals surface area contributed by atoms with Gasteiger partial charge in [-0.15, -0.1) is 21.5 Å². The lowest BCUT2D eigenvalue weighted by Crippen LogP contribution is -1.81. The summed E-state index contributed by atoms with van der Waals surface area (Å²) in [6.45, 7) is 0. The molecule has 2 aromatic rings. The molecule has 0 aromatic carbocycles. The molecule has 0 saturated carbocycles. The van der Waals surface area contributed by atoms with Crippen molar-refractivity contribution in [3.63, 3.8) is 0 Å². The summed E-state index contributed by atoms with van der Waals surface area (Å²) in [6.07, 6.45) is -1.25. The van der Waals surface area contributed by atoms with E-state index in [0.29, 0.717) is 4.88 Å². The fourth-order valence-corrected chi connectivity index (χ4v) is 1.28. The Morgan fingerprint density at radius 1 is 1.38 bits per heavy atom. The maximum absolute atomic E-state index is 12.0. The van der Waals surface area contributed by atoms with Gasteiger partial charge in [-0.3, -0.25) is 4.98 Å². The molecular formula is C6H3F2N3OS. The predicted molar refractivity (Wildman–Crippen MR) is 40.4 cm³/mol. The van der Waals surface area contributed by atoms with Crippen LogP contribution in [-0.4, -0.2) is 15.2 Å². The lowest BCUT2D eigenvalue weighted by molar-refractivity contribution is 0.116. The molecule has 4 nitrogen and oxygen atoms in total. The Kier molecular flexibility index (Phi) is 2.01. The van der Waals surface area contributed by atoms with Crippen LogP contribution in [-0.2, 0) is 0 Å². The molecule has 2 rings (SSSR count). The Bertz CT molecular complexity index is 386. The molecule has 0 atom stereocenters. The first-order chi connectivity index (χ1) is 6.27. The Morgan fingerprint density at radius 2 is 2.23 bits per heavy atom. The monoisotopic (exact) mass is 203 g/mol. The number of alkyl halides is 2. The molecule has 0 radical (unpaired) electrons. The van der Waals surface area contributed by atoms with Crippen LogP contribution in [0.4, 0.5) is 8.78 Å². The summed E-state index contributed by atoms with van der Waals surface area (Å²) >= 11 is 1.25. The zero-order valence-electron chi connectivity index (χ0n) is 6.15. The van der Waals surface area contributed by atoms with E-state index >= 15 is 0 Å². The van der Waals surface area contributed by atoms with Gasteiger partial charge in [0.1, 0.15) is 4.88 Å². The first-order valence-corrected chi connectivity index (χ1v) is 4.16. The van der Waals surface area contributed by atoms with Gasteiger partial charge >= 0.3 is 6.43 Å². The highest BCUT2D eigenvalue weighted by molar-refractivity contribution is 7.13. The highest BCUT2D eigenvalue weighted by Crippen LogP contribution is 2.25. The summed E-state index contributed by atoms with van der Waals surface area (Å²) in [6, 6.07) is 0. The minimum Gasteiger partial charge on any atom is -0.414 e. The van der Waals surface area contributed by atoms with E-state index in [-0.39, 0.29) is 5.89 Å². The lowest BCUT2D eigenvalue weighted by atomic mass is 10.6. The van der Waals surface area contributed by atoms with Crippen molar-refractivity contribution in [2.75, 3.05) is 0 Å². The van der Waals surface area contributed by atoms with Crippen LogP contribution in [0, 0.1) is 0 Å². The number of thiazole rings is 1. The summed E-state index contributed by atoms with van der Waals surface area (Å²) in [4.78, 5) is 4.34. The van der Waals surface area contributed by atoms with Gasteiger partial charge < -0.3 is 4.42 Å². The van der Waals surface area contributed by atoms with Crippen molar-refractivity contribution in [2.24, 2.45) is 0 Å². The van der Waals surface area contributed by atoms with Crippen LogP contribution in [0.5, 0.6) is 0 Å². The number of halogens is 2. The van der Waals surface area contributed by atoms with Crippen molar-refractivity contribution >= 4 is 11.3 Å². The third-order valence-electron chi connectivity index (χ3n) is 1.27. The van der Waals surface area contributed by atoms with Crippen molar-refractivity contribution in [2.45, 2.75) is 6.43 Å². The molecule has 0 fully saturated rings. The van der Waals surface area contributed by atoms with Crippen LogP contribution in [0.3, 0.4) is 0 Å². The molecule has 0 saturated heterocycles. The van der Waals surface area contributed by atoms with E-state index in [9.17, 15) is 8.78 Å². The highest BCUT2D eigenvalue weighted by atomic mass is 32.1. The van der Waals surface area contributed by atoms with Crippen LogP contribution in [0.15, 0.2) is 16.1 Å². The number of aromatic nitrogens is 3. The first kappa shape index (κ1) is 8.24. The van der Waals surface area contributed by atoms with Crippen LogP contribution >= 0.6 is 11.3 Å². The van der Waals surface area contributed by atoms with E-state index in [0.717, 1.165) is 0 Å². The molecule has 0 N–H and O–H groups in total. The summed E-state index contributed by atoms with van der Waals surface area (Å²) in [5.41, 5.74) is 1.56. The predicted octanol–water partition coefficient (Wildman–Crippen LogP) is 2.13. The first-order valence-electron chi connectivity index (χ1n) is 3.28. The molecule has 0 aliphatic rings. The van der Waals surface area contributed by atoms with Gasteiger partial charge in [0, 0.05) is 0 Å². The average Bonchev–Trinajstić information content (AvgIpc) is 2.75. The van der Waals surface area contributed by atoms with Gasteiger partial charge in [0.05, 0.1) is 11.7 Å². The van der Waals surface area contributed by atoms with E-state index < -0.39 is 12.3 Å². The lowest BCUT2D eigenvalue weighted by Gasteiger charge is -1.86. The normalized spacial score (nSPS) is 11.0. The largest absolute Gasteiger partial charge is 0.414 e. The summed E-state index contributed by atoms with van der Waals surface area (Å²) in [5, 5.41) is 6.64. The van der Waals surface area contributed by atoms with Gasteiger partial charge in [-0.25, -0.2) is 0 Å². The second-order valence-corrected chi connectivity index (χ2v) is 3.00. The molecule has 68 valence electrons. The maximum atomic E-state index is 12.0. The Balaban J connectivity index is 2.33. The number of nitrogens with zero attached hydrogens (tertiary/aromatic N) is 3. The van der Waals surface area contributed by atoms with Gasteiger partial charge in [0.2, 0.25) is 0 Å². The van der Waals surface area contributed by atoms with Gasteiger partial charge in [0.15, 0.2) is 0 Å². The third-order valence-corrected chi connectivity index (χ3v) is 2.03. The smallest absolute Gasteiger partial charge is 0.314 e. The van der Waals surface area contributed by atoms with Crippen LogP contribution in [0.1, 0.15) is 12.3 Å².